The van der Waals surface area contributed by atoms with Gasteiger partial charge in [-0.05, 0) is 62.4 Å². The third-order valence-corrected chi connectivity index (χ3v) is 8.43. The van der Waals surface area contributed by atoms with Gasteiger partial charge in [0.15, 0.2) is 0 Å². The molecule has 176 valence electrons. The van der Waals surface area contributed by atoms with Gasteiger partial charge in [-0.2, -0.15) is 4.31 Å². The number of nitrogens with zero attached hydrogens (tertiary/aromatic N) is 2. The van der Waals surface area contributed by atoms with Crippen LogP contribution in [0.3, 0.4) is 0 Å². The van der Waals surface area contributed by atoms with Crippen molar-refractivity contribution in [2.45, 2.75) is 43.9 Å². The highest BCUT2D eigenvalue weighted by Crippen LogP contribution is 2.25. The Labute approximate surface area is 195 Å². The Morgan fingerprint density at radius 3 is 2.12 bits per heavy atom. The summed E-state index contributed by atoms with van der Waals surface area (Å²) in [7, 11) is -3.54. The third-order valence-electron chi connectivity index (χ3n) is 6.52. The van der Waals surface area contributed by atoms with Crippen molar-refractivity contribution in [2.75, 3.05) is 31.5 Å². The number of amides is 2. The van der Waals surface area contributed by atoms with Crippen LogP contribution in [-0.4, -0.2) is 55.6 Å². The zero-order valence-corrected chi connectivity index (χ0v) is 19.8. The number of carbonyl (C=O) groups excluding carboxylic acids is 2. The molecular weight excluding hydrogens is 438 g/mol. The van der Waals surface area contributed by atoms with E-state index in [1.165, 1.54) is 4.31 Å². The quantitative estimate of drug-likeness (QED) is 0.704. The maximum atomic E-state index is 12.9. The Morgan fingerprint density at radius 1 is 0.909 bits per heavy atom. The Hall–Kier alpha value is -2.71. The number of likely N-dealkylation sites (tertiary alicyclic amines) is 1. The molecule has 2 saturated heterocycles. The van der Waals surface area contributed by atoms with Crippen molar-refractivity contribution in [3.63, 3.8) is 0 Å². The van der Waals surface area contributed by atoms with Gasteiger partial charge < -0.3 is 10.2 Å². The first-order valence-corrected chi connectivity index (χ1v) is 13.0. The van der Waals surface area contributed by atoms with Crippen LogP contribution in [0.4, 0.5) is 5.69 Å². The number of aryl methyl sites for hydroxylation is 1. The average Bonchev–Trinajstić information content (AvgIpc) is 3.36. The molecule has 2 aliphatic heterocycles. The van der Waals surface area contributed by atoms with Gasteiger partial charge in [0.1, 0.15) is 0 Å². The summed E-state index contributed by atoms with van der Waals surface area (Å²) in [6.45, 7) is 4.26. The van der Waals surface area contributed by atoms with Gasteiger partial charge in [0.2, 0.25) is 21.8 Å². The molecule has 0 aromatic heterocycles. The van der Waals surface area contributed by atoms with Gasteiger partial charge in [-0.3, -0.25) is 9.59 Å². The maximum absolute atomic E-state index is 12.9. The van der Waals surface area contributed by atoms with Gasteiger partial charge in [0, 0.05) is 37.8 Å². The summed E-state index contributed by atoms with van der Waals surface area (Å²) in [6.07, 6.45) is 3.50. The lowest BCUT2D eigenvalue weighted by molar-refractivity contribution is -0.129. The molecule has 0 atom stereocenters. The summed E-state index contributed by atoms with van der Waals surface area (Å²) >= 11 is 0. The molecule has 2 heterocycles. The monoisotopic (exact) mass is 469 g/mol. The summed E-state index contributed by atoms with van der Waals surface area (Å²) < 4.78 is 27.2. The van der Waals surface area contributed by atoms with Gasteiger partial charge in [-0.1, -0.05) is 29.8 Å². The number of carbonyl (C=O) groups is 2. The summed E-state index contributed by atoms with van der Waals surface area (Å²) in [4.78, 5) is 27.2. The maximum Gasteiger partial charge on any atom is 0.243 e. The van der Waals surface area contributed by atoms with Gasteiger partial charge >= 0.3 is 0 Å². The molecule has 2 fully saturated rings. The van der Waals surface area contributed by atoms with Crippen LogP contribution < -0.4 is 5.32 Å². The molecule has 1 N–H and O–H groups in total. The van der Waals surface area contributed by atoms with E-state index in [1.54, 1.807) is 24.3 Å². The van der Waals surface area contributed by atoms with Crippen LogP contribution in [0.25, 0.3) is 0 Å². The molecule has 33 heavy (non-hydrogen) atoms. The predicted molar refractivity (Wildman–Crippen MR) is 127 cm³/mol. The fourth-order valence-corrected chi connectivity index (χ4v) is 5.89. The van der Waals surface area contributed by atoms with Gasteiger partial charge in [0.25, 0.3) is 0 Å². The van der Waals surface area contributed by atoms with Gasteiger partial charge in [-0.15, -0.1) is 0 Å². The van der Waals surface area contributed by atoms with Crippen molar-refractivity contribution in [2.24, 2.45) is 5.92 Å². The number of hydrogen-bond acceptors (Lipinski definition) is 4. The first kappa shape index (κ1) is 23.4. The average molecular weight is 470 g/mol. The fraction of sp³-hybridized carbons (Fsp3) is 0.440. The van der Waals surface area contributed by atoms with Crippen molar-refractivity contribution in [3.8, 4) is 0 Å². The van der Waals surface area contributed by atoms with E-state index >= 15 is 0 Å². The Balaban J connectivity index is 1.28. The van der Waals surface area contributed by atoms with Crippen LogP contribution in [0, 0.1) is 12.8 Å². The number of sulfonamides is 1. The van der Waals surface area contributed by atoms with Crippen LogP contribution in [0.1, 0.15) is 36.8 Å². The molecule has 8 heteroatoms. The van der Waals surface area contributed by atoms with Crippen molar-refractivity contribution in [1.82, 2.24) is 9.21 Å². The molecule has 0 saturated carbocycles. The summed E-state index contributed by atoms with van der Waals surface area (Å²) in [5.74, 6) is -0.175. The first-order valence-electron chi connectivity index (χ1n) is 11.6. The second-order valence-corrected chi connectivity index (χ2v) is 10.9. The standard InChI is InChI=1S/C25H31N3O4S/c1-19-4-10-23(11-5-19)33(31,32)28-16-12-21(13-17-28)25(30)26-22-8-6-20(7-9-22)18-24(29)27-14-2-3-15-27/h4-11,21H,2-3,12-18H2,1H3,(H,26,30). The highest BCUT2D eigenvalue weighted by atomic mass is 32.2. The van der Waals surface area contributed by atoms with E-state index in [1.807, 2.05) is 36.1 Å². The lowest BCUT2D eigenvalue weighted by Gasteiger charge is -2.30. The van der Waals surface area contributed by atoms with E-state index in [9.17, 15) is 18.0 Å². The largest absolute Gasteiger partial charge is 0.342 e. The predicted octanol–water partition coefficient (Wildman–Crippen LogP) is 3.20. The van der Waals surface area contributed by atoms with Crippen LogP contribution >= 0.6 is 0 Å². The highest BCUT2D eigenvalue weighted by Gasteiger charge is 2.32. The molecule has 2 amide bonds. The van der Waals surface area contributed by atoms with Crippen molar-refractivity contribution in [1.29, 1.82) is 0 Å². The molecule has 0 radical (unpaired) electrons. The highest BCUT2D eigenvalue weighted by molar-refractivity contribution is 7.89. The lowest BCUT2D eigenvalue weighted by Crippen LogP contribution is -2.41. The number of hydrogen-bond donors (Lipinski definition) is 1. The van der Waals surface area contributed by atoms with Gasteiger partial charge in [0.05, 0.1) is 11.3 Å². The molecule has 2 aromatic rings. The number of nitrogens with one attached hydrogen (secondary N) is 1. The molecule has 0 aliphatic carbocycles. The Morgan fingerprint density at radius 2 is 1.52 bits per heavy atom. The minimum absolute atomic E-state index is 0.0942. The zero-order chi connectivity index (χ0) is 23.4. The summed E-state index contributed by atoms with van der Waals surface area (Å²) in [6, 6.07) is 14.2. The SMILES string of the molecule is Cc1ccc(S(=O)(=O)N2CCC(C(=O)Nc3ccc(CC(=O)N4CCCC4)cc3)CC2)cc1. The van der Waals surface area contributed by atoms with Crippen LogP contribution in [0.5, 0.6) is 0 Å². The van der Waals surface area contributed by atoms with Crippen molar-refractivity contribution >= 4 is 27.5 Å². The number of rotatable bonds is 6. The second kappa shape index (κ2) is 10.1. The molecular formula is C25H31N3O4S. The number of benzene rings is 2. The number of piperidine rings is 1. The smallest absolute Gasteiger partial charge is 0.243 e. The fourth-order valence-electron chi connectivity index (χ4n) is 4.42. The van der Waals surface area contributed by atoms with Gasteiger partial charge in [-0.25, -0.2) is 8.42 Å². The second-order valence-electron chi connectivity index (χ2n) is 8.94. The minimum atomic E-state index is -3.54. The van der Waals surface area contributed by atoms with Crippen molar-refractivity contribution < 1.29 is 18.0 Å². The normalized spacial score (nSPS) is 17.8. The molecule has 4 rings (SSSR count). The lowest BCUT2D eigenvalue weighted by atomic mass is 9.97. The van der Waals surface area contributed by atoms with E-state index < -0.39 is 10.0 Å². The molecule has 2 aliphatic rings. The van der Waals surface area contributed by atoms with E-state index in [2.05, 4.69) is 5.32 Å². The van der Waals surface area contributed by atoms with E-state index in [0.717, 1.165) is 37.1 Å². The molecule has 2 aromatic carbocycles. The van der Waals surface area contributed by atoms with Crippen LogP contribution in [0.15, 0.2) is 53.4 Å². The first-order chi connectivity index (χ1) is 15.8. The van der Waals surface area contributed by atoms with Crippen LogP contribution in [0.2, 0.25) is 0 Å². The van der Waals surface area contributed by atoms with E-state index in [0.29, 0.717) is 42.9 Å². The van der Waals surface area contributed by atoms with Crippen molar-refractivity contribution in [3.05, 3.63) is 59.7 Å². The molecule has 0 spiro atoms. The summed E-state index contributed by atoms with van der Waals surface area (Å²) in [5.41, 5.74) is 2.63. The van der Waals surface area contributed by atoms with E-state index in [4.69, 9.17) is 0 Å². The molecule has 0 unspecified atom stereocenters. The number of anilines is 1. The Bertz CT molecular complexity index is 1080. The zero-order valence-electron chi connectivity index (χ0n) is 19.0. The summed E-state index contributed by atoms with van der Waals surface area (Å²) in [5, 5.41) is 2.94. The molecule has 7 nitrogen and oxygen atoms in total. The van der Waals surface area contributed by atoms with Crippen LogP contribution in [-0.2, 0) is 26.0 Å². The third kappa shape index (κ3) is 5.62. The molecule has 0 bridgehead atoms. The Kier molecular flexibility index (Phi) is 7.14. The van der Waals surface area contributed by atoms with E-state index in [-0.39, 0.29) is 17.7 Å². The topological polar surface area (TPSA) is 86.8 Å². The minimum Gasteiger partial charge on any atom is -0.342 e.